The number of hydrogen-bond acceptors (Lipinski definition) is 16. The van der Waals surface area contributed by atoms with Crippen molar-refractivity contribution in [2.24, 2.45) is 7.05 Å². The molecule has 0 spiro atoms. The number of hydrogen-bond donors (Lipinski definition) is 6. The molecule has 450 valence electrons. The second-order valence-corrected chi connectivity index (χ2v) is 21.4. The molecule has 2 aromatic heterocycles. The molecule has 4 atom stereocenters. The highest BCUT2D eigenvalue weighted by Crippen LogP contribution is 2.41. The van der Waals surface area contributed by atoms with Gasteiger partial charge in [-0.2, -0.15) is 0 Å². The smallest absolute Gasteiger partial charge is 0.414 e. The Morgan fingerprint density at radius 2 is 1.72 bits per heavy atom. The lowest BCUT2D eigenvalue weighted by Gasteiger charge is -2.31. The summed E-state index contributed by atoms with van der Waals surface area (Å²) in [6.07, 6.45) is 2.93. The number of aryl methyl sites for hydroxylation is 2. The monoisotopic (exact) mass is 1150 g/mol. The lowest BCUT2D eigenvalue weighted by Crippen LogP contribution is -2.42. The summed E-state index contributed by atoms with van der Waals surface area (Å²) in [7, 11) is 6.56. The zero-order valence-corrected chi connectivity index (χ0v) is 48.5. The van der Waals surface area contributed by atoms with Gasteiger partial charge in [0.05, 0.1) is 66.2 Å². The van der Waals surface area contributed by atoms with Crippen molar-refractivity contribution in [3.63, 3.8) is 0 Å². The molecular weight excluding hydrogens is 1070 g/mol. The van der Waals surface area contributed by atoms with E-state index in [1.165, 1.54) is 35.1 Å². The molecule has 2 fully saturated rings. The lowest BCUT2D eigenvalue weighted by atomic mass is 10.0. The van der Waals surface area contributed by atoms with E-state index in [2.05, 4.69) is 27.8 Å². The van der Waals surface area contributed by atoms with Gasteiger partial charge in [0.2, 0.25) is 12.2 Å². The Labute approximate surface area is 483 Å². The molecule has 3 aliphatic rings. The summed E-state index contributed by atoms with van der Waals surface area (Å²) in [6.45, 7) is 12.2. The number of fused-ring (bicyclic) bond motifs is 2. The third kappa shape index (κ3) is 16.3. The quantitative estimate of drug-likeness (QED) is 0.0250. The Morgan fingerprint density at radius 3 is 2.46 bits per heavy atom. The average molecular weight is 1150 g/mol. The fourth-order valence-electron chi connectivity index (χ4n) is 10.2. The van der Waals surface area contributed by atoms with Gasteiger partial charge in [-0.1, -0.05) is 18.2 Å². The largest absolute Gasteiger partial charge is 0.493 e. The number of ether oxygens (including phenoxy) is 6. The second kappa shape index (κ2) is 29.0. The van der Waals surface area contributed by atoms with Crippen molar-refractivity contribution in [1.82, 2.24) is 30.0 Å². The number of carbonyl (C=O) groups is 7. The summed E-state index contributed by atoms with van der Waals surface area (Å²) in [6, 6.07) is 10.5. The number of benzene rings is 2. The molecule has 0 radical (unpaired) electrons. The van der Waals surface area contributed by atoms with Crippen LogP contribution in [0.25, 0.3) is 0 Å². The Balaban J connectivity index is 1.02. The number of aromatic nitrogens is 2. The third-order valence-electron chi connectivity index (χ3n) is 14.6. The number of aldehydes is 1. The highest BCUT2D eigenvalue weighted by Gasteiger charge is 2.41. The van der Waals surface area contributed by atoms with E-state index < -0.39 is 48.0 Å². The molecule has 2 saturated heterocycles. The van der Waals surface area contributed by atoms with Crippen LogP contribution in [-0.4, -0.2) is 170 Å². The van der Waals surface area contributed by atoms with Gasteiger partial charge in [-0.05, 0) is 102 Å². The van der Waals surface area contributed by atoms with Crippen molar-refractivity contribution in [2.45, 2.75) is 115 Å². The number of aliphatic hydroxyl groups excluding tert-OH is 2. The van der Waals surface area contributed by atoms with E-state index in [9.17, 15) is 38.7 Å². The van der Waals surface area contributed by atoms with Gasteiger partial charge in [-0.3, -0.25) is 28.9 Å². The fraction of sp³-hybridized carbons (Fsp3) is 0.508. The Hall–Kier alpha value is -7.77. The SMILES string of the molecule is C=C1CC2CN(C(=O)OCc3ccc(O[C@H]4C[C@@H](O)C[C@@H](C=O)O4)c(C(=O)NCCC(C)(C)OCC)c3)c3cc(OCCCC(=O)N(C)c4cc(C(=O)Nc5cc(C(=O)NCCCO)n(CCCNC)c5)n(C)c4)c(OC)cc3C(=O)N2C1. The number of amides is 6. The van der Waals surface area contributed by atoms with Crippen LogP contribution >= 0.6 is 0 Å². The first kappa shape index (κ1) is 62.8. The first-order valence-electron chi connectivity index (χ1n) is 28.0. The Kier molecular flexibility index (Phi) is 21.9. The summed E-state index contributed by atoms with van der Waals surface area (Å²) in [4.78, 5) is 98.9. The van der Waals surface area contributed by atoms with Crippen molar-refractivity contribution < 1.29 is 72.2 Å². The zero-order valence-electron chi connectivity index (χ0n) is 48.5. The van der Waals surface area contributed by atoms with Crippen LogP contribution in [0.5, 0.6) is 17.2 Å². The predicted molar refractivity (Wildman–Crippen MR) is 307 cm³/mol. The third-order valence-corrected chi connectivity index (χ3v) is 14.6. The maximum Gasteiger partial charge on any atom is 0.414 e. The van der Waals surface area contributed by atoms with Crippen LogP contribution in [-0.2, 0) is 44.0 Å². The van der Waals surface area contributed by atoms with E-state index in [-0.39, 0.29) is 123 Å². The van der Waals surface area contributed by atoms with E-state index >= 15 is 0 Å². The molecular formula is C59H79N9O15. The van der Waals surface area contributed by atoms with Crippen LogP contribution in [0.3, 0.4) is 0 Å². The highest BCUT2D eigenvalue weighted by atomic mass is 16.7. The van der Waals surface area contributed by atoms with E-state index in [1.807, 2.05) is 27.8 Å². The van der Waals surface area contributed by atoms with Gasteiger partial charge >= 0.3 is 6.09 Å². The minimum absolute atomic E-state index is 0.0329. The Bertz CT molecular complexity index is 2990. The molecule has 0 aliphatic carbocycles. The van der Waals surface area contributed by atoms with Crippen molar-refractivity contribution in [2.75, 3.05) is 88.9 Å². The molecule has 24 heteroatoms. The number of aliphatic hydroxyl groups is 2. The van der Waals surface area contributed by atoms with Crippen molar-refractivity contribution in [1.29, 1.82) is 0 Å². The van der Waals surface area contributed by atoms with Crippen LogP contribution in [0.4, 0.5) is 21.9 Å². The number of carbonyl (C=O) groups excluding carboxylic acids is 7. The maximum atomic E-state index is 14.4. The molecule has 1 unspecified atom stereocenters. The summed E-state index contributed by atoms with van der Waals surface area (Å²) in [5, 5.41) is 31.3. The van der Waals surface area contributed by atoms with Crippen molar-refractivity contribution >= 4 is 59.0 Å². The zero-order chi connectivity index (χ0) is 60.0. The molecule has 83 heavy (non-hydrogen) atoms. The fourth-order valence-corrected chi connectivity index (χ4v) is 10.2. The van der Waals surface area contributed by atoms with Gasteiger partial charge in [0.25, 0.3) is 23.6 Å². The lowest BCUT2D eigenvalue weighted by molar-refractivity contribution is -0.176. The number of anilines is 3. The minimum Gasteiger partial charge on any atom is -0.493 e. The van der Waals surface area contributed by atoms with Gasteiger partial charge < -0.3 is 83.6 Å². The van der Waals surface area contributed by atoms with Gasteiger partial charge in [0.1, 0.15) is 36.1 Å². The molecule has 3 aliphatic heterocycles. The van der Waals surface area contributed by atoms with E-state index in [0.29, 0.717) is 67.9 Å². The molecule has 0 bridgehead atoms. The molecule has 0 saturated carbocycles. The van der Waals surface area contributed by atoms with E-state index in [0.717, 1.165) is 18.5 Å². The summed E-state index contributed by atoms with van der Waals surface area (Å²) in [5.41, 5.74) is 2.72. The van der Waals surface area contributed by atoms with Crippen LogP contribution in [0, 0.1) is 0 Å². The van der Waals surface area contributed by atoms with E-state index in [4.69, 9.17) is 33.5 Å². The standard InChI is InChI=1S/C59H79N9O15/c1-9-81-59(3,4)16-19-62-54(73)45-24-38(14-15-49(45)83-53-28-42(71)27-43(35-70)82-53)36-80-58(77)68-34-41-23-37(2)31-67(41)57(76)44-29-50(78-8)51(30-46(44)68)79-22-10-13-52(72)65(7)40-26-47(64(6)33-40)56(75)63-39-25-48(55(74)61-18-12-21-69)66(32-39)20-11-17-60-5/h14-15,24-26,29-30,32-33,35,41-43,53,60,69,71H,2,9-13,16-23,27-28,31,34,36H2,1,3-8H3,(H,61,74)(H,62,73)(H,63,75)/t41?,42-,43-,53-/m0/s1. The first-order chi connectivity index (χ1) is 39.8. The highest BCUT2D eigenvalue weighted by molar-refractivity contribution is 6.07. The van der Waals surface area contributed by atoms with E-state index in [1.54, 1.807) is 64.8 Å². The molecule has 6 amide bonds. The van der Waals surface area contributed by atoms with Gasteiger partial charge in [-0.15, -0.1) is 0 Å². The van der Waals surface area contributed by atoms with Crippen LogP contribution in [0.1, 0.15) is 119 Å². The topological polar surface area (TPSA) is 283 Å². The second-order valence-electron chi connectivity index (χ2n) is 21.4. The average Bonchev–Trinajstić information content (AvgIpc) is 3.98. The molecule has 24 nitrogen and oxygen atoms in total. The van der Waals surface area contributed by atoms with Gasteiger partial charge in [-0.25, -0.2) is 4.79 Å². The first-order valence-corrected chi connectivity index (χ1v) is 28.0. The van der Waals surface area contributed by atoms with Gasteiger partial charge in [0.15, 0.2) is 11.5 Å². The minimum atomic E-state index is -1.03. The Morgan fingerprint density at radius 1 is 0.940 bits per heavy atom. The number of methoxy groups -OCH3 is 1. The molecule has 4 aromatic rings. The molecule has 7 rings (SSSR count). The summed E-state index contributed by atoms with van der Waals surface area (Å²) in [5.74, 6) is -1.35. The number of rotatable bonds is 28. The van der Waals surface area contributed by atoms with Crippen molar-refractivity contribution in [3.05, 3.63) is 95.1 Å². The van der Waals surface area contributed by atoms with Gasteiger partial charge in [0, 0.05) is 91.2 Å². The predicted octanol–water partition coefficient (Wildman–Crippen LogP) is 4.94. The molecule has 5 heterocycles. The number of nitrogens with one attached hydrogen (secondary N) is 4. The summed E-state index contributed by atoms with van der Waals surface area (Å²) >= 11 is 0. The van der Waals surface area contributed by atoms with Crippen molar-refractivity contribution in [3.8, 4) is 17.2 Å². The van der Waals surface area contributed by atoms with Crippen LogP contribution < -0.4 is 45.3 Å². The molecule has 6 N–H and O–H groups in total. The maximum absolute atomic E-state index is 14.4. The summed E-state index contributed by atoms with van der Waals surface area (Å²) < 4.78 is 38.9. The van der Waals surface area contributed by atoms with Crippen LogP contribution in [0.15, 0.2) is 67.0 Å². The molecule has 2 aromatic carbocycles. The van der Waals surface area contributed by atoms with Crippen LogP contribution in [0.2, 0.25) is 0 Å². The number of nitrogens with zero attached hydrogens (tertiary/aromatic N) is 5. The normalized spacial score (nSPS) is 17.7.